The molecule has 0 radical (unpaired) electrons. The van der Waals surface area contributed by atoms with Gasteiger partial charge in [0.05, 0.1) is 0 Å². The number of nitrogens with zero attached hydrogens (tertiary/aromatic N) is 1. The number of carbonyl (C=O) groups is 3. The van der Waals surface area contributed by atoms with Gasteiger partial charge in [0.1, 0.15) is 19.7 Å². The van der Waals surface area contributed by atoms with Crippen LogP contribution in [0.1, 0.15) is 0 Å². The predicted molar refractivity (Wildman–Crippen MR) is 38.9 cm³/mol. The minimum Gasteiger partial charge on any atom is -0.480 e. The molecular weight excluding hydrogens is 182 g/mol. The number of aliphatic hydroxyl groups is 1. The van der Waals surface area contributed by atoms with Crippen molar-refractivity contribution in [3.63, 3.8) is 0 Å². The number of aliphatic hydroxyl groups excluding tert-OH is 1. The van der Waals surface area contributed by atoms with Crippen LogP contribution in [0.2, 0.25) is 0 Å². The lowest BCUT2D eigenvalue weighted by Crippen LogP contribution is -2.40. The normalized spacial score (nSPS) is 9.31. The van der Waals surface area contributed by atoms with Gasteiger partial charge in [-0.2, -0.15) is 0 Å². The highest BCUT2D eigenvalue weighted by Crippen LogP contribution is 1.89. The van der Waals surface area contributed by atoms with Gasteiger partial charge in [0, 0.05) is 0 Å². The number of carboxylic acids is 2. The number of hydrogen-bond acceptors (Lipinski definition) is 4. The molecule has 1 amide bonds. The minimum absolute atomic E-state index is 0.532. The zero-order chi connectivity index (χ0) is 10.4. The number of aliphatic carboxylic acids is 2. The van der Waals surface area contributed by atoms with E-state index in [-0.39, 0.29) is 0 Å². The molecule has 0 unspecified atom stereocenters. The topological polar surface area (TPSA) is 115 Å². The Morgan fingerprint density at radius 2 is 1.38 bits per heavy atom. The van der Waals surface area contributed by atoms with Gasteiger partial charge in [-0.1, -0.05) is 0 Å². The number of hydrogen-bond donors (Lipinski definition) is 3. The van der Waals surface area contributed by atoms with Crippen molar-refractivity contribution in [1.29, 1.82) is 0 Å². The van der Waals surface area contributed by atoms with Crippen LogP contribution in [0, 0.1) is 0 Å². The van der Waals surface area contributed by atoms with Gasteiger partial charge < -0.3 is 20.2 Å². The molecule has 0 aliphatic rings. The molecule has 0 aliphatic carbocycles. The van der Waals surface area contributed by atoms with Crippen LogP contribution in [-0.4, -0.2) is 57.8 Å². The van der Waals surface area contributed by atoms with Crippen LogP contribution in [0.25, 0.3) is 0 Å². The summed E-state index contributed by atoms with van der Waals surface area (Å²) in [6.07, 6.45) is 0. The molecule has 0 bridgehead atoms. The van der Waals surface area contributed by atoms with E-state index >= 15 is 0 Å². The number of carbonyl (C=O) groups excluding carboxylic acids is 1. The molecule has 3 N–H and O–H groups in total. The highest BCUT2D eigenvalue weighted by atomic mass is 16.4. The van der Waals surface area contributed by atoms with Crippen molar-refractivity contribution < 1.29 is 29.7 Å². The van der Waals surface area contributed by atoms with Gasteiger partial charge in [-0.15, -0.1) is 0 Å². The maximum atomic E-state index is 10.7. The Morgan fingerprint density at radius 1 is 1.00 bits per heavy atom. The summed E-state index contributed by atoms with van der Waals surface area (Å²) in [5.41, 5.74) is 0. The van der Waals surface area contributed by atoms with Crippen LogP contribution < -0.4 is 0 Å². The molecular formula is C6H9NO6. The molecule has 0 fully saturated rings. The number of carboxylic acid groups (broad SMARTS) is 2. The molecule has 0 heterocycles. The maximum absolute atomic E-state index is 10.7. The van der Waals surface area contributed by atoms with Crippen LogP contribution in [-0.2, 0) is 14.4 Å². The van der Waals surface area contributed by atoms with E-state index in [4.69, 9.17) is 15.3 Å². The molecule has 0 aliphatic heterocycles. The fourth-order valence-corrected chi connectivity index (χ4v) is 0.659. The Labute approximate surface area is 73.2 Å². The zero-order valence-corrected chi connectivity index (χ0v) is 6.63. The fourth-order valence-electron chi connectivity index (χ4n) is 0.659. The monoisotopic (exact) mass is 191 g/mol. The third-order valence-electron chi connectivity index (χ3n) is 1.14. The van der Waals surface area contributed by atoms with Gasteiger partial charge in [-0.3, -0.25) is 14.4 Å². The average molecular weight is 191 g/mol. The maximum Gasteiger partial charge on any atom is 0.323 e. The lowest BCUT2D eigenvalue weighted by Gasteiger charge is -2.16. The molecule has 0 saturated carbocycles. The Hall–Kier alpha value is -1.63. The molecule has 13 heavy (non-hydrogen) atoms. The van der Waals surface area contributed by atoms with E-state index in [1.165, 1.54) is 0 Å². The van der Waals surface area contributed by atoms with Gasteiger partial charge in [0.25, 0.3) is 0 Å². The Morgan fingerprint density at radius 3 is 1.62 bits per heavy atom. The van der Waals surface area contributed by atoms with Gasteiger partial charge in [0.15, 0.2) is 0 Å². The largest absolute Gasteiger partial charge is 0.480 e. The lowest BCUT2D eigenvalue weighted by atomic mass is 10.4. The fraction of sp³-hybridized carbons (Fsp3) is 0.500. The first-order valence-electron chi connectivity index (χ1n) is 3.29. The first-order valence-corrected chi connectivity index (χ1v) is 3.29. The molecule has 0 saturated heterocycles. The molecule has 0 aromatic heterocycles. The van der Waals surface area contributed by atoms with Crippen molar-refractivity contribution in [2.75, 3.05) is 19.7 Å². The molecule has 0 aromatic rings. The summed E-state index contributed by atoms with van der Waals surface area (Å²) in [7, 11) is 0. The summed E-state index contributed by atoms with van der Waals surface area (Å²) >= 11 is 0. The third kappa shape index (κ3) is 4.75. The van der Waals surface area contributed by atoms with Crippen LogP contribution >= 0.6 is 0 Å². The quantitative estimate of drug-likeness (QED) is 0.462. The van der Waals surface area contributed by atoms with Gasteiger partial charge >= 0.3 is 11.9 Å². The Kier molecular flexibility index (Phi) is 4.45. The first-order chi connectivity index (χ1) is 5.97. The SMILES string of the molecule is O=C(O)CN(CC(=O)O)C(=O)CO. The van der Waals surface area contributed by atoms with Crippen molar-refractivity contribution in [3.05, 3.63) is 0 Å². The highest BCUT2D eigenvalue weighted by molar-refractivity contribution is 5.85. The second-order valence-electron chi connectivity index (χ2n) is 2.20. The van der Waals surface area contributed by atoms with Crippen LogP contribution in [0.4, 0.5) is 0 Å². The standard InChI is InChI=1S/C6H9NO6/c8-3-4(9)7(1-5(10)11)2-6(12)13/h8H,1-3H2,(H,10,11)(H,12,13). The molecule has 7 heteroatoms. The summed E-state index contributed by atoms with van der Waals surface area (Å²) in [6.45, 7) is -2.36. The smallest absolute Gasteiger partial charge is 0.323 e. The molecule has 7 nitrogen and oxygen atoms in total. The summed E-state index contributed by atoms with van der Waals surface area (Å²) < 4.78 is 0. The van der Waals surface area contributed by atoms with Crippen LogP contribution in [0.3, 0.4) is 0 Å². The Bertz CT molecular complexity index is 209. The van der Waals surface area contributed by atoms with E-state index in [1.807, 2.05) is 0 Å². The van der Waals surface area contributed by atoms with Gasteiger partial charge in [-0.25, -0.2) is 0 Å². The van der Waals surface area contributed by atoms with Crippen LogP contribution in [0.15, 0.2) is 0 Å². The number of amides is 1. The predicted octanol–water partition coefficient (Wildman–Crippen LogP) is -2.02. The highest BCUT2D eigenvalue weighted by Gasteiger charge is 2.18. The van der Waals surface area contributed by atoms with E-state index in [0.717, 1.165) is 0 Å². The van der Waals surface area contributed by atoms with Crippen LogP contribution in [0.5, 0.6) is 0 Å². The summed E-state index contributed by atoms with van der Waals surface area (Å²) in [6, 6.07) is 0. The summed E-state index contributed by atoms with van der Waals surface area (Å²) in [5, 5.41) is 24.9. The Balaban J connectivity index is 4.26. The van der Waals surface area contributed by atoms with Crippen molar-refractivity contribution in [2.45, 2.75) is 0 Å². The summed E-state index contributed by atoms with van der Waals surface area (Å²) in [4.78, 5) is 31.6. The third-order valence-corrected chi connectivity index (χ3v) is 1.14. The molecule has 0 aromatic carbocycles. The minimum atomic E-state index is -1.33. The van der Waals surface area contributed by atoms with Crippen molar-refractivity contribution in [2.24, 2.45) is 0 Å². The van der Waals surface area contributed by atoms with E-state index in [2.05, 4.69) is 0 Å². The van der Waals surface area contributed by atoms with E-state index in [9.17, 15) is 14.4 Å². The number of rotatable bonds is 5. The molecule has 0 spiro atoms. The van der Waals surface area contributed by atoms with Gasteiger partial charge in [0.2, 0.25) is 5.91 Å². The average Bonchev–Trinajstić information content (AvgIpc) is 2.00. The van der Waals surface area contributed by atoms with Crippen molar-refractivity contribution >= 4 is 17.8 Å². The zero-order valence-electron chi connectivity index (χ0n) is 6.63. The summed E-state index contributed by atoms with van der Waals surface area (Å²) in [5.74, 6) is -3.59. The van der Waals surface area contributed by atoms with Crippen molar-refractivity contribution in [3.8, 4) is 0 Å². The second-order valence-corrected chi connectivity index (χ2v) is 2.20. The van der Waals surface area contributed by atoms with Crippen molar-refractivity contribution in [1.82, 2.24) is 4.90 Å². The second kappa shape index (κ2) is 5.09. The molecule has 0 atom stereocenters. The lowest BCUT2D eigenvalue weighted by molar-refractivity contribution is -0.150. The van der Waals surface area contributed by atoms with Gasteiger partial charge in [-0.05, 0) is 0 Å². The first kappa shape index (κ1) is 11.4. The molecule has 0 rings (SSSR count). The molecule has 74 valence electrons. The van der Waals surface area contributed by atoms with E-state index < -0.39 is 37.5 Å². The van der Waals surface area contributed by atoms with E-state index in [0.29, 0.717) is 4.90 Å². The van der Waals surface area contributed by atoms with E-state index in [1.54, 1.807) is 0 Å².